The number of anilines is 1. The van der Waals surface area contributed by atoms with Crippen LogP contribution in [-0.4, -0.2) is 45.4 Å². The number of aryl methyl sites for hydroxylation is 2. The van der Waals surface area contributed by atoms with Gasteiger partial charge in [0.2, 0.25) is 0 Å². The summed E-state index contributed by atoms with van der Waals surface area (Å²) in [5.41, 5.74) is 1.43. The molecule has 0 bridgehead atoms. The van der Waals surface area contributed by atoms with E-state index in [2.05, 4.69) is 20.4 Å². The van der Waals surface area contributed by atoms with Crippen LogP contribution in [-0.2, 0) is 0 Å². The Morgan fingerprint density at radius 2 is 2.07 bits per heavy atom. The lowest BCUT2D eigenvalue weighted by atomic mass is 9.85. The van der Waals surface area contributed by atoms with Gasteiger partial charge in [-0.2, -0.15) is 4.52 Å². The van der Waals surface area contributed by atoms with E-state index in [1.54, 1.807) is 6.07 Å². The largest absolute Gasteiger partial charge is 0.466 e. The van der Waals surface area contributed by atoms with Gasteiger partial charge in [0.25, 0.3) is 5.91 Å². The lowest BCUT2D eigenvalue weighted by Crippen LogP contribution is -2.52. The highest BCUT2D eigenvalue weighted by Crippen LogP contribution is 2.35. The summed E-state index contributed by atoms with van der Waals surface area (Å²) >= 11 is 0. The van der Waals surface area contributed by atoms with Crippen molar-refractivity contribution in [1.82, 2.24) is 25.1 Å². The average Bonchev–Trinajstić information content (AvgIpc) is 3.15. The molecule has 4 heterocycles. The number of hydrogen-bond donors (Lipinski definition) is 1. The summed E-state index contributed by atoms with van der Waals surface area (Å²) < 4.78 is 7.34. The van der Waals surface area contributed by atoms with Gasteiger partial charge in [-0.15, -0.1) is 15.3 Å². The Balaban J connectivity index is 1.20. The van der Waals surface area contributed by atoms with Crippen molar-refractivity contribution in [2.24, 2.45) is 5.92 Å². The normalized spacial score (nSPS) is 17.6. The Bertz CT molecular complexity index is 1030. The van der Waals surface area contributed by atoms with E-state index in [1.807, 2.05) is 30.5 Å². The molecule has 0 unspecified atom stereocenters. The van der Waals surface area contributed by atoms with Crippen molar-refractivity contribution in [2.45, 2.75) is 39.0 Å². The molecule has 1 N–H and O–H groups in total. The number of rotatable bonds is 5. The Labute approximate surface area is 162 Å². The lowest BCUT2D eigenvalue weighted by molar-refractivity contribution is 0.0943. The third kappa shape index (κ3) is 2.93. The van der Waals surface area contributed by atoms with Gasteiger partial charge in [0, 0.05) is 31.5 Å². The number of amides is 1. The molecule has 0 aromatic carbocycles. The van der Waals surface area contributed by atoms with E-state index in [4.69, 9.17) is 9.52 Å². The Morgan fingerprint density at radius 1 is 1.25 bits per heavy atom. The van der Waals surface area contributed by atoms with Crippen molar-refractivity contribution in [3.05, 3.63) is 41.1 Å². The molecule has 8 nitrogen and oxygen atoms in total. The monoisotopic (exact) mass is 380 g/mol. The van der Waals surface area contributed by atoms with Crippen molar-refractivity contribution in [2.75, 3.05) is 24.5 Å². The summed E-state index contributed by atoms with van der Waals surface area (Å²) in [6, 6.07) is 5.77. The molecular formula is C20H24N6O2. The fourth-order valence-electron chi connectivity index (χ4n) is 3.96. The van der Waals surface area contributed by atoms with Crippen LogP contribution in [0.1, 0.15) is 52.9 Å². The Hall–Kier alpha value is -2.90. The summed E-state index contributed by atoms with van der Waals surface area (Å²) in [6.07, 6.45) is 3.61. The zero-order chi connectivity index (χ0) is 19.3. The topological polar surface area (TPSA) is 88.6 Å². The van der Waals surface area contributed by atoms with E-state index in [-0.39, 0.29) is 5.91 Å². The van der Waals surface area contributed by atoms with E-state index in [0.29, 0.717) is 29.7 Å². The van der Waals surface area contributed by atoms with Crippen LogP contribution < -0.4 is 10.2 Å². The first-order chi connectivity index (χ1) is 13.6. The molecule has 28 heavy (non-hydrogen) atoms. The number of nitrogens with one attached hydrogen (secondary N) is 1. The van der Waals surface area contributed by atoms with E-state index in [1.165, 1.54) is 19.3 Å². The zero-order valence-electron chi connectivity index (χ0n) is 16.2. The summed E-state index contributed by atoms with van der Waals surface area (Å²) in [5, 5.41) is 16.4. The minimum absolute atomic E-state index is 0.0676. The second kappa shape index (κ2) is 6.61. The van der Waals surface area contributed by atoms with Crippen molar-refractivity contribution in [3.8, 4) is 0 Å². The molecule has 5 rings (SSSR count). The summed E-state index contributed by atoms with van der Waals surface area (Å²) in [4.78, 5) is 14.5. The molecule has 0 atom stereocenters. The SMILES string of the molecule is Cc1cc(C(=O)NCC2CN(c3ccc4nnc(C5CCC5)n4n3)C2)c(C)o1. The van der Waals surface area contributed by atoms with Gasteiger partial charge in [-0.3, -0.25) is 4.79 Å². The summed E-state index contributed by atoms with van der Waals surface area (Å²) in [7, 11) is 0. The molecule has 1 aliphatic carbocycles. The molecule has 1 amide bonds. The van der Waals surface area contributed by atoms with E-state index in [9.17, 15) is 4.79 Å². The van der Waals surface area contributed by atoms with E-state index in [0.717, 1.165) is 36.1 Å². The molecule has 1 saturated carbocycles. The molecule has 2 aliphatic rings. The number of nitrogens with zero attached hydrogens (tertiary/aromatic N) is 5. The maximum absolute atomic E-state index is 12.3. The fraction of sp³-hybridized carbons (Fsp3) is 0.500. The molecule has 8 heteroatoms. The second-order valence-electron chi connectivity index (χ2n) is 7.96. The first-order valence-electron chi connectivity index (χ1n) is 9.91. The number of fused-ring (bicyclic) bond motifs is 1. The summed E-state index contributed by atoms with van der Waals surface area (Å²) in [5.74, 6) is 4.19. The average molecular weight is 380 g/mol. The molecule has 3 aromatic rings. The van der Waals surface area contributed by atoms with Crippen LogP contribution in [0.3, 0.4) is 0 Å². The van der Waals surface area contributed by atoms with Gasteiger partial charge in [-0.05, 0) is 44.9 Å². The highest BCUT2D eigenvalue weighted by Gasteiger charge is 2.30. The number of hydrogen-bond acceptors (Lipinski definition) is 6. The van der Waals surface area contributed by atoms with Crippen LogP contribution in [0.4, 0.5) is 5.82 Å². The van der Waals surface area contributed by atoms with Crippen molar-refractivity contribution in [1.29, 1.82) is 0 Å². The third-order valence-electron chi connectivity index (χ3n) is 5.86. The van der Waals surface area contributed by atoms with Gasteiger partial charge in [-0.1, -0.05) is 6.42 Å². The first-order valence-corrected chi connectivity index (χ1v) is 9.91. The third-order valence-corrected chi connectivity index (χ3v) is 5.86. The number of aromatic nitrogens is 4. The molecular weight excluding hydrogens is 356 g/mol. The smallest absolute Gasteiger partial charge is 0.254 e. The predicted octanol–water partition coefficient (Wildman–Crippen LogP) is 2.47. The lowest BCUT2D eigenvalue weighted by Gasteiger charge is -2.40. The van der Waals surface area contributed by atoms with Gasteiger partial charge < -0.3 is 14.6 Å². The van der Waals surface area contributed by atoms with Gasteiger partial charge in [0.05, 0.1) is 5.56 Å². The highest BCUT2D eigenvalue weighted by atomic mass is 16.3. The Kier molecular flexibility index (Phi) is 4.07. The zero-order valence-corrected chi connectivity index (χ0v) is 16.2. The fourth-order valence-corrected chi connectivity index (χ4v) is 3.96. The Morgan fingerprint density at radius 3 is 2.75 bits per heavy atom. The number of carbonyl (C=O) groups is 1. The molecule has 0 spiro atoms. The molecule has 146 valence electrons. The van der Waals surface area contributed by atoms with Crippen molar-refractivity contribution >= 4 is 17.4 Å². The number of furan rings is 1. The molecule has 0 radical (unpaired) electrons. The quantitative estimate of drug-likeness (QED) is 0.731. The molecule has 2 fully saturated rings. The van der Waals surface area contributed by atoms with Gasteiger partial charge in [0.1, 0.15) is 17.3 Å². The van der Waals surface area contributed by atoms with Crippen LogP contribution in [0.25, 0.3) is 5.65 Å². The van der Waals surface area contributed by atoms with Gasteiger partial charge in [-0.25, -0.2) is 0 Å². The molecule has 1 aliphatic heterocycles. The minimum atomic E-state index is -0.0676. The van der Waals surface area contributed by atoms with Gasteiger partial charge >= 0.3 is 0 Å². The standard InChI is InChI=1S/C20H24N6O2/c1-12-8-16(13(2)28-12)20(27)21-9-14-10-25(11-14)18-7-6-17-22-23-19(26(17)24-18)15-4-3-5-15/h6-8,14-15H,3-5,9-11H2,1-2H3,(H,21,27). The highest BCUT2D eigenvalue weighted by molar-refractivity contribution is 5.95. The number of carbonyl (C=O) groups excluding carboxylic acids is 1. The van der Waals surface area contributed by atoms with Crippen LogP contribution in [0.2, 0.25) is 0 Å². The van der Waals surface area contributed by atoms with Crippen LogP contribution in [0.5, 0.6) is 0 Å². The maximum atomic E-state index is 12.3. The van der Waals surface area contributed by atoms with Crippen LogP contribution in [0, 0.1) is 19.8 Å². The van der Waals surface area contributed by atoms with Crippen molar-refractivity contribution in [3.63, 3.8) is 0 Å². The van der Waals surface area contributed by atoms with Gasteiger partial charge in [0.15, 0.2) is 11.5 Å². The van der Waals surface area contributed by atoms with E-state index >= 15 is 0 Å². The van der Waals surface area contributed by atoms with Crippen LogP contribution in [0.15, 0.2) is 22.6 Å². The van der Waals surface area contributed by atoms with Crippen LogP contribution >= 0.6 is 0 Å². The predicted molar refractivity (Wildman–Crippen MR) is 104 cm³/mol. The minimum Gasteiger partial charge on any atom is -0.466 e. The maximum Gasteiger partial charge on any atom is 0.254 e. The molecule has 3 aromatic heterocycles. The van der Waals surface area contributed by atoms with E-state index < -0.39 is 0 Å². The first kappa shape index (κ1) is 17.2. The second-order valence-corrected chi connectivity index (χ2v) is 7.96. The van der Waals surface area contributed by atoms with Crippen molar-refractivity contribution < 1.29 is 9.21 Å². The summed E-state index contributed by atoms with van der Waals surface area (Å²) in [6.45, 7) is 6.08. The molecule has 1 saturated heterocycles.